The number of benzene rings is 2. The van der Waals surface area contributed by atoms with Crippen LogP contribution >= 0.6 is 15.9 Å². The summed E-state index contributed by atoms with van der Waals surface area (Å²) in [5.41, 5.74) is -0.235. The number of quaternary nitrogens is 1. The minimum Gasteiger partial charge on any atom is -1.00 e. The summed E-state index contributed by atoms with van der Waals surface area (Å²) in [7, 11) is 0. The van der Waals surface area contributed by atoms with Gasteiger partial charge in [0.2, 0.25) is 5.82 Å². The van der Waals surface area contributed by atoms with Crippen molar-refractivity contribution in [2.45, 2.75) is 6.54 Å². The maximum Gasteiger partial charge on any atom is 0.200 e. The first kappa shape index (κ1) is 17.9. The summed E-state index contributed by atoms with van der Waals surface area (Å²) in [6, 6.07) is 6.70. The highest BCUT2D eigenvalue weighted by Gasteiger charge is 2.26. The molecule has 114 valence electrons. The lowest BCUT2D eigenvalue weighted by molar-refractivity contribution is -0.589. The van der Waals surface area contributed by atoms with Gasteiger partial charge in [0.1, 0.15) is 12.2 Å². The van der Waals surface area contributed by atoms with E-state index in [0.717, 1.165) is 4.47 Å². The molecule has 8 heteroatoms. The van der Waals surface area contributed by atoms with Crippen LogP contribution in [-0.2, 0) is 6.54 Å². The molecular formula is C13H8BrClF5N. The van der Waals surface area contributed by atoms with E-state index in [-0.39, 0.29) is 12.4 Å². The van der Waals surface area contributed by atoms with E-state index in [1.807, 2.05) is 0 Å². The van der Waals surface area contributed by atoms with Gasteiger partial charge in [-0.1, -0.05) is 15.9 Å². The van der Waals surface area contributed by atoms with Crippen LogP contribution in [0.1, 0.15) is 5.56 Å². The van der Waals surface area contributed by atoms with Crippen LogP contribution in [-0.4, -0.2) is 0 Å². The van der Waals surface area contributed by atoms with Crippen molar-refractivity contribution in [3.63, 3.8) is 0 Å². The topological polar surface area (TPSA) is 16.6 Å². The molecular weight excluding hydrogens is 380 g/mol. The summed E-state index contributed by atoms with van der Waals surface area (Å²) in [5, 5.41) is 1.38. The molecule has 0 aliphatic rings. The Morgan fingerprint density at radius 3 is 1.67 bits per heavy atom. The Kier molecular flexibility index (Phi) is 6.12. The molecule has 0 aromatic heterocycles. The SMILES string of the molecule is Fc1c(F)c(F)c(C[NH2+]c2ccc(Br)cc2)c(F)c1F.[Cl-]. The van der Waals surface area contributed by atoms with Gasteiger partial charge in [0, 0.05) is 16.6 Å². The van der Waals surface area contributed by atoms with Crippen molar-refractivity contribution in [1.82, 2.24) is 0 Å². The van der Waals surface area contributed by atoms with E-state index >= 15 is 0 Å². The summed E-state index contributed by atoms with van der Waals surface area (Å²) in [6.45, 7) is -0.395. The van der Waals surface area contributed by atoms with E-state index in [2.05, 4.69) is 15.9 Å². The average Bonchev–Trinajstić information content (AvgIpc) is 2.45. The van der Waals surface area contributed by atoms with Gasteiger partial charge in [0.15, 0.2) is 23.3 Å². The molecule has 0 aliphatic heterocycles. The number of nitrogens with two attached hydrogens (primary N) is 1. The van der Waals surface area contributed by atoms with Gasteiger partial charge < -0.3 is 17.7 Å². The molecule has 0 fully saturated rings. The fourth-order valence-electron chi connectivity index (χ4n) is 1.65. The fourth-order valence-corrected chi connectivity index (χ4v) is 1.91. The highest BCUT2D eigenvalue weighted by molar-refractivity contribution is 9.10. The number of halogens is 7. The van der Waals surface area contributed by atoms with Gasteiger partial charge in [0.25, 0.3) is 0 Å². The zero-order chi connectivity index (χ0) is 14.9. The third-order valence-corrected chi connectivity index (χ3v) is 3.24. The molecule has 0 atom stereocenters. The van der Waals surface area contributed by atoms with Crippen molar-refractivity contribution in [3.05, 3.63) is 63.4 Å². The second kappa shape index (κ2) is 7.20. The largest absolute Gasteiger partial charge is 1.00 e. The molecule has 0 spiro atoms. The lowest BCUT2D eigenvalue weighted by Gasteiger charge is -2.07. The molecule has 0 unspecified atom stereocenters. The Hall–Kier alpha value is -1.18. The molecule has 0 radical (unpaired) electrons. The predicted molar refractivity (Wildman–Crippen MR) is 65.7 cm³/mol. The Bertz CT molecular complexity index is 619. The van der Waals surface area contributed by atoms with Crippen LogP contribution < -0.4 is 17.7 Å². The molecule has 0 bridgehead atoms. The summed E-state index contributed by atoms with van der Waals surface area (Å²) in [6.07, 6.45) is 0. The van der Waals surface area contributed by atoms with E-state index < -0.39 is 41.2 Å². The van der Waals surface area contributed by atoms with Crippen molar-refractivity contribution in [3.8, 4) is 0 Å². The molecule has 0 saturated carbocycles. The van der Waals surface area contributed by atoms with Gasteiger partial charge in [-0.05, 0) is 12.1 Å². The van der Waals surface area contributed by atoms with E-state index in [1.165, 1.54) is 5.32 Å². The van der Waals surface area contributed by atoms with Crippen LogP contribution in [0.2, 0.25) is 0 Å². The minimum atomic E-state index is -2.15. The molecule has 0 saturated heterocycles. The molecule has 2 aromatic rings. The molecule has 0 amide bonds. The molecule has 2 N–H and O–H groups in total. The van der Waals surface area contributed by atoms with Crippen LogP contribution in [0.4, 0.5) is 27.6 Å². The highest BCUT2D eigenvalue weighted by atomic mass is 79.9. The van der Waals surface area contributed by atoms with Gasteiger partial charge in [-0.25, -0.2) is 22.0 Å². The second-order valence-corrected chi connectivity index (χ2v) is 4.92. The molecule has 2 aromatic carbocycles. The van der Waals surface area contributed by atoms with Crippen molar-refractivity contribution in [2.75, 3.05) is 0 Å². The monoisotopic (exact) mass is 387 g/mol. The van der Waals surface area contributed by atoms with Crippen molar-refractivity contribution >= 4 is 21.6 Å². The van der Waals surface area contributed by atoms with E-state index in [0.29, 0.717) is 5.69 Å². The third kappa shape index (κ3) is 3.72. The maximum atomic E-state index is 13.4. The Labute approximate surface area is 131 Å². The van der Waals surface area contributed by atoms with E-state index in [4.69, 9.17) is 0 Å². The zero-order valence-electron chi connectivity index (χ0n) is 10.2. The Morgan fingerprint density at radius 2 is 1.19 bits per heavy atom. The lowest BCUT2D eigenvalue weighted by atomic mass is 10.1. The first-order valence-electron chi connectivity index (χ1n) is 5.51. The summed E-state index contributed by atoms with van der Waals surface area (Å²) >= 11 is 3.22. The minimum absolute atomic E-state index is 0. The molecule has 21 heavy (non-hydrogen) atoms. The van der Waals surface area contributed by atoms with E-state index in [9.17, 15) is 22.0 Å². The summed E-state index contributed by atoms with van der Waals surface area (Å²) < 4.78 is 66.5. The van der Waals surface area contributed by atoms with Crippen LogP contribution in [0.15, 0.2) is 28.7 Å². The standard InChI is InChI=1S/C13H7BrF5N.ClH/c14-6-1-3-7(4-2-6)20-5-8-9(15)11(17)13(19)12(18)10(8)16;/h1-4,20H,5H2;1H. The summed E-state index contributed by atoms with van der Waals surface area (Å²) in [5.74, 6) is -9.59. The number of rotatable bonds is 3. The fraction of sp³-hybridized carbons (Fsp3) is 0.0769. The van der Waals surface area contributed by atoms with Crippen molar-refractivity contribution in [1.29, 1.82) is 0 Å². The smallest absolute Gasteiger partial charge is 0.200 e. The number of hydrogen-bond acceptors (Lipinski definition) is 0. The summed E-state index contributed by atoms with van der Waals surface area (Å²) in [4.78, 5) is 0. The quantitative estimate of drug-likeness (QED) is 0.342. The second-order valence-electron chi connectivity index (χ2n) is 4.01. The molecule has 0 aliphatic carbocycles. The number of hydrogen-bond donors (Lipinski definition) is 1. The predicted octanol–water partition coefficient (Wildman–Crippen LogP) is 0.544. The van der Waals surface area contributed by atoms with E-state index in [1.54, 1.807) is 24.3 Å². The maximum absolute atomic E-state index is 13.4. The van der Waals surface area contributed by atoms with Crippen molar-refractivity contribution < 1.29 is 39.7 Å². The average molecular weight is 389 g/mol. The van der Waals surface area contributed by atoms with Crippen LogP contribution in [0.25, 0.3) is 0 Å². The Balaban J connectivity index is 0.00000220. The Morgan fingerprint density at radius 1 is 0.762 bits per heavy atom. The lowest BCUT2D eigenvalue weighted by Crippen LogP contribution is -3.00. The third-order valence-electron chi connectivity index (χ3n) is 2.71. The van der Waals surface area contributed by atoms with Gasteiger partial charge in [-0.15, -0.1) is 0 Å². The first-order chi connectivity index (χ1) is 9.41. The highest BCUT2D eigenvalue weighted by Crippen LogP contribution is 2.22. The normalized spacial score (nSPS) is 10.4. The van der Waals surface area contributed by atoms with Crippen LogP contribution in [0, 0.1) is 29.1 Å². The van der Waals surface area contributed by atoms with Gasteiger partial charge in [0.05, 0.1) is 5.56 Å². The molecule has 2 rings (SSSR count). The van der Waals surface area contributed by atoms with Crippen LogP contribution in [0.5, 0.6) is 0 Å². The molecule has 1 nitrogen and oxygen atoms in total. The van der Waals surface area contributed by atoms with Gasteiger partial charge in [-0.2, -0.15) is 0 Å². The zero-order valence-corrected chi connectivity index (χ0v) is 12.6. The first-order valence-corrected chi connectivity index (χ1v) is 6.30. The van der Waals surface area contributed by atoms with Gasteiger partial charge >= 0.3 is 0 Å². The van der Waals surface area contributed by atoms with Crippen LogP contribution in [0.3, 0.4) is 0 Å². The molecule has 0 heterocycles. The van der Waals surface area contributed by atoms with Crippen molar-refractivity contribution in [2.24, 2.45) is 0 Å². The van der Waals surface area contributed by atoms with Gasteiger partial charge in [-0.3, -0.25) is 0 Å².